The third-order valence-corrected chi connectivity index (χ3v) is 3.78. The Bertz CT molecular complexity index is 530. The molecule has 0 spiro atoms. The number of benzene rings is 2. The molecule has 2 rings (SSSR count). The van der Waals surface area contributed by atoms with Gasteiger partial charge in [-0.2, -0.15) is 0 Å². The fourth-order valence-electron chi connectivity index (χ4n) is 1.71. The summed E-state index contributed by atoms with van der Waals surface area (Å²) in [6, 6.07) is 14.1. The number of hydrogen-bond donors (Lipinski definition) is 0. The molecular formula is C15H13ClFIO. The van der Waals surface area contributed by atoms with Crippen molar-refractivity contribution in [3.63, 3.8) is 0 Å². The zero-order chi connectivity index (χ0) is 13.7. The topological polar surface area (TPSA) is 9.23 Å². The molecule has 0 aliphatic heterocycles. The van der Waals surface area contributed by atoms with Crippen LogP contribution in [0.15, 0.2) is 48.5 Å². The highest BCUT2D eigenvalue weighted by Crippen LogP contribution is 2.22. The van der Waals surface area contributed by atoms with Crippen LogP contribution < -0.4 is 0 Å². The average molecular weight is 391 g/mol. The summed E-state index contributed by atoms with van der Waals surface area (Å²) < 4.78 is 19.8. The third kappa shape index (κ3) is 4.44. The van der Waals surface area contributed by atoms with Gasteiger partial charge in [0.25, 0.3) is 0 Å². The SMILES string of the molecule is Fc1cccc(C(CI)OCc2ccc(Cl)cc2)c1. The predicted molar refractivity (Wildman–Crippen MR) is 84.3 cm³/mol. The summed E-state index contributed by atoms with van der Waals surface area (Å²) in [5.74, 6) is -0.234. The number of hydrogen-bond acceptors (Lipinski definition) is 1. The molecule has 0 aliphatic rings. The smallest absolute Gasteiger partial charge is 0.123 e. The van der Waals surface area contributed by atoms with Gasteiger partial charge >= 0.3 is 0 Å². The van der Waals surface area contributed by atoms with Crippen molar-refractivity contribution < 1.29 is 9.13 Å². The molecule has 0 saturated heterocycles. The average Bonchev–Trinajstić information content (AvgIpc) is 2.42. The normalized spacial score (nSPS) is 12.4. The Morgan fingerprint density at radius 2 is 1.89 bits per heavy atom. The molecule has 0 aliphatic carbocycles. The van der Waals surface area contributed by atoms with Crippen LogP contribution in [0.5, 0.6) is 0 Å². The lowest BCUT2D eigenvalue weighted by atomic mass is 10.1. The number of halogens is 3. The lowest BCUT2D eigenvalue weighted by Crippen LogP contribution is -2.06. The highest BCUT2D eigenvalue weighted by Gasteiger charge is 2.11. The Hall–Kier alpha value is -0.650. The van der Waals surface area contributed by atoms with Gasteiger partial charge in [-0.1, -0.05) is 58.5 Å². The van der Waals surface area contributed by atoms with E-state index in [0.29, 0.717) is 11.6 Å². The summed E-state index contributed by atoms with van der Waals surface area (Å²) in [4.78, 5) is 0. The van der Waals surface area contributed by atoms with Gasteiger partial charge < -0.3 is 4.74 Å². The molecule has 2 aromatic carbocycles. The molecule has 0 N–H and O–H groups in total. The summed E-state index contributed by atoms with van der Waals surface area (Å²) in [5.41, 5.74) is 1.92. The molecule has 0 amide bonds. The summed E-state index contributed by atoms with van der Waals surface area (Å²) >= 11 is 8.08. The molecule has 2 aromatic rings. The van der Waals surface area contributed by atoms with Crippen LogP contribution in [-0.4, -0.2) is 4.43 Å². The van der Waals surface area contributed by atoms with Crippen molar-refractivity contribution >= 4 is 34.2 Å². The van der Waals surface area contributed by atoms with E-state index < -0.39 is 0 Å². The van der Waals surface area contributed by atoms with Gasteiger partial charge in [0.1, 0.15) is 5.82 Å². The van der Waals surface area contributed by atoms with Gasteiger partial charge in [0, 0.05) is 9.45 Å². The second kappa shape index (κ2) is 7.22. The maximum atomic E-state index is 13.2. The Balaban J connectivity index is 2.01. The predicted octanol–water partition coefficient (Wildman–Crippen LogP) is 5.17. The summed E-state index contributed by atoms with van der Waals surface area (Å²) in [5, 5.41) is 0.708. The molecule has 19 heavy (non-hydrogen) atoms. The second-order valence-corrected chi connectivity index (χ2v) is 5.45. The van der Waals surface area contributed by atoms with E-state index in [1.54, 1.807) is 6.07 Å². The zero-order valence-electron chi connectivity index (χ0n) is 10.2. The van der Waals surface area contributed by atoms with Gasteiger partial charge in [-0.15, -0.1) is 0 Å². The Labute approximate surface area is 130 Å². The lowest BCUT2D eigenvalue weighted by molar-refractivity contribution is 0.0575. The van der Waals surface area contributed by atoms with E-state index >= 15 is 0 Å². The Morgan fingerprint density at radius 3 is 2.53 bits per heavy atom. The molecule has 0 aromatic heterocycles. The van der Waals surface area contributed by atoms with E-state index in [4.69, 9.17) is 16.3 Å². The molecule has 0 fully saturated rings. The fraction of sp³-hybridized carbons (Fsp3) is 0.200. The monoisotopic (exact) mass is 390 g/mol. The Kier molecular flexibility index (Phi) is 5.60. The molecule has 4 heteroatoms. The van der Waals surface area contributed by atoms with Crippen molar-refractivity contribution in [2.24, 2.45) is 0 Å². The van der Waals surface area contributed by atoms with E-state index in [-0.39, 0.29) is 11.9 Å². The minimum atomic E-state index is -0.234. The first-order valence-electron chi connectivity index (χ1n) is 5.86. The maximum Gasteiger partial charge on any atom is 0.123 e. The Morgan fingerprint density at radius 1 is 1.16 bits per heavy atom. The summed E-state index contributed by atoms with van der Waals surface area (Å²) in [7, 11) is 0. The minimum absolute atomic E-state index is 0.105. The van der Waals surface area contributed by atoms with Gasteiger partial charge in [0.05, 0.1) is 12.7 Å². The first kappa shape index (κ1) is 14.8. The standard InChI is InChI=1S/C15H13ClFIO/c16-13-6-4-11(5-7-13)10-19-15(9-18)12-2-1-3-14(17)8-12/h1-8,15H,9-10H2. The van der Waals surface area contributed by atoms with Gasteiger partial charge in [0.2, 0.25) is 0 Å². The summed E-state index contributed by atoms with van der Waals surface area (Å²) in [6.07, 6.45) is -0.105. The highest BCUT2D eigenvalue weighted by atomic mass is 127. The van der Waals surface area contributed by atoms with E-state index in [2.05, 4.69) is 22.6 Å². The van der Waals surface area contributed by atoms with Crippen molar-refractivity contribution in [3.8, 4) is 0 Å². The van der Waals surface area contributed by atoms with E-state index in [9.17, 15) is 4.39 Å². The van der Waals surface area contributed by atoms with Crippen LogP contribution in [0.2, 0.25) is 5.02 Å². The van der Waals surface area contributed by atoms with Crippen LogP contribution in [0.1, 0.15) is 17.2 Å². The van der Waals surface area contributed by atoms with Crippen LogP contribution in [0, 0.1) is 5.82 Å². The molecule has 100 valence electrons. The van der Waals surface area contributed by atoms with Gasteiger partial charge in [-0.3, -0.25) is 0 Å². The van der Waals surface area contributed by atoms with Crippen molar-refractivity contribution in [1.29, 1.82) is 0 Å². The van der Waals surface area contributed by atoms with E-state index in [1.165, 1.54) is 12.1 Å². The maximum absolute atomic E-state index is 13.2. The molecule has 0 bridgehead atoms. The first-order chi connectivity index (χ1) is 9.19. The minimum Gasteiger partial charge on any atom is -0.368 e. The number of ether oxygens (including phenoxy) is 1. The van der Waals surface area contributed by atoms with Crippen molar-refractivity contribution in [2.45, 2.75) is 12.7 Å². The molecule has 1 unspecified atom stereocenters. The number of rotatable bonds is 5. The van der Waals surface area contributed by atoms with E-state index in [1.807, 2.05) is 30.3 Å². The van der Waals surface area contributed by atoms with Gasteiger partial charge in [-0.25, -0.2) is 4.39 Å². The van der Waals surface area contributed by atoms with Crippen LogP contribution in [-0.2, 0) is 11.3 Å². The van der Waals surface area contributed by atoms with Crippen LogP contribution in [0.4, 0.5) is 4.39 Å². The number of alkyl halides is 1. The molecule has 0 saturated carbocycles. The largest absolute Gasteiger partial charge is 0.368 e. The van der Waals surface area contributed by atoms with Crippen molar-refractivity contribution in [1.82, 2.24) is 0 Å². The second-order valence-electron chi connectivity index (χ2n) is 4.14. The van der Waals surface area contributed by atoms with Gasteiger partial charge in [0.15, 0.2) is 0 Å². The highest BCUT2D eigenvalue weighted by molar-refractivity contribution is 14.1. The molecule has 1 nitrogen and oxygen atoms in total. The third-order valence-electron chi connectivity index (χ3n) is 2.73. The van der Waals surface area contributed by atoms with Crippen molar-refractivity contribution in [3.05, 3.63) is 70.5 Å². The lowest BCUT2D eigenvalue weighted by Gasteiger charge is -2.16. The molecule has 0 heterocycles. The zero-order valence-corrected chi connectivity index (χ0v) is 13.1. The van der Waals surface area contributed by atoms with Crippen LogP contribution in [0.3, 0.4) is 0 Å². The van der Waals surface area contributed by atoms with Crippen molar-refractivity contribution in [2.75, 3.05) is 4.43 Å². The quantitative estimate of drug-likeness (QED) is 0.505. The van der Waals surface area contributed by atoms with Gasteiger partial charge in [-0.05, 0) is 35.4 Å². The molecule has 0 radical (unpaired) electrons. The van der Waals surface area contributed by atoms with Crippen LogP contribution >= 0.6 is 34.2 Å². The molecule has 1 atom stereocenters. The first-order valence-corrected chi connectivity index (χ1v) is 7.77. The fourth-order valence-corrected chi connectivity index (χ4v) is 2.60. The van der Waals surface area contributed by atoms with Crippen LogP contribution in [0.25, 0.3) is 0 Å². The van der Waals surface area contributed by atoms with E-state index in [0.717, 1.165) is 15.6 Å². The summed E-state index contributed by atoms with van der Waals surface area (Å²) in [6.45, 7) is 0.487. The molecular weight excluding hydrogens is 378 g/mol.